The molecule has 1 aromatic heterocycles. The Kier molecular flexibility index (Phi) is 5.31. The Hall–Kier alpha value is -2.49. The maximum Gasteiger partial charge on any atom is 0.287 e. The Bertz CT molecular complexity index is 1240. The normalized spacial score (nSPS) is 22.1. The van der Waals surface area contributed by atoms with E-state index in [0.29, 0.717) is 28.5 Å². The van der Waals surface area contributed by atoms with Crippen LogP contribution in [0.3, 0.4) is 0 Å². The van der Waals surface area contributed by atoms with Crippen LogP contribution in [-0.4, -0.2) is 25.1 Å². The zero-order valence-electron chi connectivity index (χ0n) is 17.6. The summed E-state index contributed by atoms with van der Waals surface area (Å²) >= 11 is 1.18. The zero-order valence-corrected chi connectivity index (χ0v) is 19.2. The summed E-state index contributed by atoms with van der Waals surface area (Å²) in [5, 5.41) is 16.0. The number of carbonyl (C=O) groups excluding carboxylic acids is 1. The summed E-state index contributed by atoms with van der Waals surface area (Å²) in [4.78, 5) is 13.8. The smallest absolute Gasteiger partial charge is 0.287 e. The number of rotatable bonds is 5. The first-order valence-electron chi connectivity index (χ1n) is 10.1. The monoisotopic (exact) mass is 459 g/mol. The average Bonchev–Trinajstić information content (AvgIpc) is 3.15. The Morgan fingerprint density at radius 3 is 2.68 bits per heavy atom. The Labute approximate surface area is 185 Å². The van der Waals surface area contributed by atoms with Crippen molar-refractivity contribution < 1.29 is 18.3 Å². The number of hydrogen-bond acceptors (Lipinski definition) is 7. The molecule has 2 heterocycles. The lowest BCUT2D eigenvalue weighted by Gasteiger charge is -2.36. The minimum Gasteiger partial charge on any atom is -0.506 e. The molecule has 31 heavy (non-hydrogen) atoms. The number of aliphatic hydroxyl groups is 1. The number of benzene rings is 1. The fraction of sp³-hybridized carbons (Fsp3) is 0.364. The van der Waals surface area contributed by atoms with Gasteiger partial charge in [0, 0.05) is 12.1 Å². The lowest BCUT2D eigenvalue weighted by molar-refractivity contribution is -0.120. The maximum absolute atomic E-state index is 13.8. The van der Waals surface area contributed by atoms with Gasteiger partial charge >= 0.3 is 0 Å². The van der Waals surface area contributed by atoms with E-state index < -0.39 is 15.4 Å². The molecule has 1 aliphatic carbocycles. The highest BCUT2D eigenvalue weighted by atomic mass is 32.2. The van der Waals surface area contributed by atoms with Crippen molar-refractivity contribution in [2.45, 2.75) is 50.5 Å². The molecule has 1 atom stereocenters. The van der Waals surface area contributed by atoms with Crippen molar-refractivity contribution in [1.82, 2.24) is 0 Å². The molecule has 0 amide bonds. The third kappa shape index (κ3) is 3.40. The molecule has 0 fully saturated rings. The van der Waals surface area contributed by atoms with Crippen LogP contribution >= 0.6 is 11.3 Å². The van der Waals surface area contributed by atoms with Crippen LogP contribution in [0.25, 0.3) is 5.76 Å². The fourth-order valence-corrected chi connectivity index (χ4v) is 6.78. The first-order valence-corrected chi connectivity index (χ1v) is 12.4. The molecule has 0 saturated heterocycles. The number of hydrogen-bond donors (Lipinski definition) is 3. The van der Waals surface area contributed by atoms with Gasteiger partial charge < -0.3 is 16.2 Å². The summed E-state index contributed by atoms with van der Waals surface area (Å²) in [6.45, 7) is 6.09. The summed E-state index contributed by atoms with van der Waals surface area (Å²) in [5.74, 6) is -0.368. The second kappa shape index (κ2) is 7.58. The van der Waals surface area contributed by atoms with E-state index in [1.165, 1.54) is 11.3 Å². The molecule has 7 nitrogen and oxygen atoms in total. The number of thiophene rings is 1. The third-order valence-electron chi connectivity index (χ3n) is 5.94. The van der Waals surface area contributed by atoms with E-state index in [1.54, 1.807) is 17.5 Å². The van der Waals surface area contributed by atoms with Crippen molar-refractivity contribution in [2.75, 3.05) is 5.32 Å². The molecule has 4 rings (SSSR count). The van der Waals surface area contributed by atoms with Gasteiger partial charge in [0.1, 0.15) is 21.2 Å². The molecule has 0 radical (unpaired) electrons. The quantitative estimate of drug-likeness (QED) is 0.622. The number of nitrogens with one attached hydrogen (secondary N) is 1. The van der Waals surface area contributed by atoms with Gasteiger partial charge in [-0.15, -0.1) is 15.7 Å². The molecule has 164 valence electrons. The minimum atomic E-state index is -4.07. The predicted molar refractivity (Wildman–Crippen MR) is 123 cm³/mol. The van der Waals surface area contributed by atoms with E-state index in [2.05, 4.69) is 23.6 Å². The van der Waals surface area contributed by atoms with Crippen LogP contribution in [0.2, 0.25) is 0 Å². The number of aliphatic hydroxyl groups excluding tert-OH is 1. The molecule has 0 unspecified atom stereocenters. The first-order chi connectivity index (χ1) is 14.6. The van der Waals surface area contributed by atoms with E-state index in [9.17, 15) is 18.3 Å². The molecule has 0 saturated carbocycles. The predicted octanol–water partition coefficient (Wildman–Crippen LogP) is 3.97. The Morgan fingerprint density at radius 2 is 2.00 bits per heavy atom. The molecule has 0 spiro atoms. The number of ketones is 1. The molecule has 9 heteroatoms. The van der Waals surface area contributed by atoms with Crippen LogP contribution in [0.15, 0.2) is 44.5 Å². The number of fused-ring (bicyclic) bond motifs is 2. The van der Waals surface area contributed by atoms with Gasteiger partial charge in [-0.2, -0.15) is 8.42 Å². The van der Waals surface area contributed by atoms with Crippen LogP contribution in [0.5, 0.6) is 0 Å². The molecule has 1 aliphatic heterocycles. The largest absolute Gasteiger partial charge is 0.506 e. The molecule has 2 aliphatic rings. The summed E-state index contributed by atoms with van der Waals surface area (Å²) in [7, 11) is -4.07. The van der Waals surface area contributed by atoms with Gasteiger partial charge in [0.15, 0.2) is 11.6 Å². The van der Waals surface area contributed by atoms with Crippen LogP contribution in [0, 0.1) is 5.92 Å². The van der Waals surface area contributed by atoms with Crippen LogP contribution in [0.1, 0.15) is 50.3 Å². The Balaban J connectivity index is 1.89. The number of sulfonamides is 1. The van der Waals surface area contributed by atoms with Gasteiger partial charge in [-0.05, 0) is 42.2 Å². The summed E-state index contributed by atoms with van der Waals surface area (Å²) in [6.07, 6.45) is 1.37. The number of nitrogens with zero attached hydrogens (tertiary/aromatic N) is 1. The lowest BCUT2D eigenvalue weighted by atomic mass is 9.66. The van der Waals surface area contributed by atoms with Gasteiger partial charge in [0.2, 0.25) is 0 Å². The highest BCUT2D eigenvalue weighted by molar-refractivity contribution is 7.90. The SMILES string of the molecule is CC(C)CC[C@@]1(C)C(=O)C(C2=NS(=O)(=O)c3c(CN)csc3N2)=C(O)c2ccccc21. The number of carbonyl (C=O) groups is 1. The lowest BCUT2D eigenvalue weighted by Crippen LogP contribution is -2.42. The summed E-state index contributed by atoms with van der Waals surface area (Å²) in [5.41, 5.74) is 6.39. The molecule has 4 N–H and O–H groups in total. The fourth-order valence-electron chi connectivity index (χ4n) is 4.15. The number of Topliss-reactive ketones (excluding diaryl/α,β-unsaturated/α-hetero) is 1. The van der Waals surface area contributed by atoms with E-state index >= 15 is 0 Å². The van der Waals surface area contributed by atoms with Crippen molar-refractivity contribution >= 4 is 43.7 Å². The number of anilines is 1. The molecule has 1 aromatic carbocycles. The van der Waals surface area contributed by atoms with Crippen molar-refractivity contribution in [3.8, 4) is 0 Å². The van der Waals surface area contributed by atoms with Crippen molar-refractivity contribution in [1.29, 1.82) is 0 Å². The van der Waals surface area contributed by atoms with Gasteiger partial charge in [-0.1, -0.05) is 38.1 Å². The van der Waals surface area contributed by atoms with Crippen LogP contribution in [0.4, 0.5) is 5.00 Å². The highest BCUT2D eigenvalue weighted by Gasteiger charge is 2.46. The van der Waals surface area contributed by atoms with E-state index in [4.69, 9.17) is 5.73 Å². The Morgan fingerprint density at radius 1 is 1.29 bits per heavy atom. The standard InChI is InChI=1S/C22H25N3O4S2/c1-12(2)8-9-22(3)15-7-5-4-6-14(15)17(26)16(19(22)27)20-24-21-18(31(28,29)25-20)13(10-23)11-30-21/h4-7,11-12,26H,8-10,23H2,1-3H3,(H,24,25)/t22-/m1/s1. The van der Waals surface area contributed by atoms with Gasteiger partial charge in [-0.25, -0.2) is 0 Å². The van der Waals surface area contributed by atoms with Crippen LogP contribution < -0.4 is 11.1 Å². The first kappa shape index (κ1) is 21.7. The van der Waals surface area contributed by atoms with Gasteiger partial charge in [0.25, 0.3) is 10.0 Å². The molecular formula is C22H25N3O4S2. The highest BCUT2D eigenvalue weighted by Crippen LogP contribution is 2.45. The van der Waals surface area contributed by atoms with E-state index in [-0.39, 0.29) is 34.4 Å². The maximum atomic E-state index is 13.8. The average molecular weight is 460 g/mol. The van der Waals surface area contributed by atoms with Crippen molar-refractivity contribution in [3.05, 3.63) is 51.9 Å². The third-order valence-corrected chi connectivity index (χ3v) is 8.42. The number of amidine groups is 1. The molecule has 0 bridgehead atoms. The topological polar surface area (TPSA) is 122 Å². The van der Waals surface area contributed by atoms with Crippen molar-refractivity contribution in [3.63, 3.8) is 0 Å². The second-order valence-electron chi connectivity index (χ2n) is 8.53. The minimum absolute atomic E-state index is 0.0371. The van der Waals surface area contributed by atoms with Crippen LogP contribution in [-0.2, 0) is 26.8 Å². The molecular weight excluding hydrogens is 434 g/mol. The van der Waals surface area contributed by atoms with Gasteiger partial charge in [-0.3, -0.25) is 4.79 Å². The summed E-state index contributed by atoms with van der Waals surface area (Å²) in [6, 6.07) is 7.21. The van der Waals surface area contributed by atoms with Gasteiger partial charge in [0.05, 0.1) is 5.41 Å². The zero-order chi connectivity index (χ0) is 22.6. The second-order valence-corrected chi connectivity index (χ2v) is 10.9. The molecule has 2 aromatic rings. The van der Waals surface area contributed by atoms with Crippen molar-refractivity contribution in [2.24, 2.45) is 16.0 Å². The van der Waals surface area contributed by atoms with E-state index in [0.717, 1.165) is 12.0 Å². The van der Waals surface area contributed by atoms with E-state index in [1.807, 2.05) is 19.1 Å². The summed E-state index contributed by atoms with van der Waals surface area (Å²) < 4.78 is 29.7. The number of nitrogens with two attached hydrogens (primary N) is 1.